The molecule has 0 radical (unpaired) electrons. The maximum atomic E-state index is 9.23. The lowest BCUT2D eigenvalue weighted by Gasteiger charge is -2.03. The first kappa shape index (κ1) is 9.33. The Balaban J connectivity index is 2.70. The number of thiophene rings is 1. The minimum atomic E-state index is -1.58. The molecular formula is C8H8BNO3S. The van der Waals surface area contributed by atoms with Gasteiger partial charge in [-0.05, 0) is 17.5 Å². The predicted octanol–water partition coefficient (Wildman–Crippen LogP) is -0.131. The van der Waals surface area contributed by atoms with Gasteiger partial charge in [0.25, 0.3) is 0 Å². The van der Waals surface area contributed by atoms with E-state index in [0.29, 0.717) is 5.69 Å². The van der Waals surface area contributed by atoms with E-state index < -0.39 is 7.12 Å². The molecule has 5 N–H and O–H groups in total. The van der Waals surface area contributed by atoms with E-state index in [-0.39, 0.29) is 10.5 Å². The molecule has 0 amide bonds. The smallest absolute Gasteiger partial charge is 0.490 e. The number of fused-ring (bicyclic) bond motifs is 1. The minimum Gasteiger partial charge on any atom is -0.499 e. The fraction of sp³-hybridized carbons (Fsp3) is 0. The van der Waals surface area contributed by atoms with Gasteiger partial charge in [-0.2, -0.15) is 0 Å². The number of nitrogens with two attached hydrogens (primary N) is 1. The van der Waals surface area contributed by atoms with Crippen LogP contribution in [-0.2, 0) is 0 Å². The SMILES string of the molecule is Nc1cc2sc(O)cc2cc1B(O)O. The summed E-state index contributed by atoms with van der Waals surface area (Å²) in [5.74, 6) is 0. The molecule has 0 unspecified atom stereocenters. The molecule has 0 aliphatic heterocycles. The Kier molecular flexibility index (Phi) is 2.11. The van der Waals surface area contributed by atoms with Crippen molar-refractivity contribution in [1.29, 1.82) is 0 Å². The second kappa shape index (κ2) is 3.16. The van der Waals surface area contributed by atoms with E-state index in [0.717, 1.165) is 10.1 Å². The average molecular weight is 209 g/mol. The van der Waals surface area contributed by atoms with Gasteiger partial charge >= 0.3 is 7.12 Å². The second-order valence-corrected chi connectivity index (χ2v) is 4.04. The lowest BCUT2D eigenvalue weighted by atomic mass is 9.78. The van der Waals surface area contributed by atoms with Crippen LogP contribution in [0.2, 0.25) is 0 Å². The van der Waals surface area contributed by atoms with Gasteiger partial charge < -0.3 is 20.9 Å². The molecule has 6 heteroatoms. The molecule has 0 aliphatic rings. The molecule has 0 saturated carbocycles. The zero-order chi connectivity index (χ0) is 10.3. The molecular weight excluding hydrogens is 201 g/mol. The van der Waals surface area contributed by atoms with Gasteiger partial charge in [-0.3, -0.25) is 0 Å². The van der Waals surface area contributed by atoms with Crippen molar-refractivity contribution >= 4 is 39.7 Å². The number of rotatable bonds is 1. The van der Waals surface area contributed by atoms with Crippen molar-refractivity contribution in [2.24, 2.45) is 0 Å². The lowest BCUT2D eigenvalue weighted by Crippen LogP contribution is -2.32. The van der Waals surface area contributed by atoms with Crippen LogP contribution < -0.4 is 11.2 Å². The van der Waals surface area contributed by atoms with Crippen LogP contribution in [0.1, 0.15) is 0 Å². The fourth-order valence-electron chi connectivity index (χ4n) is 1.33. The number of benzene rings is 1. The Morgan fingerprint density at radius 3 is 2.57 bits per heavy atom. The molecule has 2 rings (SSSR count). The molecule has 1 aromatic carbocycles. The highest BCUT2D eigenvalue weighted by Crippen LogP contribution is 2.30. The third-order valence-electron chi connectivity index (χ3n) is 1.99. The molecule has 4 nitrogen and oxygen atoms in total. The average Bonchev–Trinajstić information content (AvgIpc) is 2.42. The van der Waals surface area contributed by atoms with E-state index in [1.165, 1.54) is 11.3 Å². The van der Waals surface area contributed by atoms with Gasteiger partial charge in [0, 0.05) is 15.9 Å². The highest BCUT2D eigenvalue weighted by molar-refractivity contribution is 7.20. The van der Waals surface area contributed by atoms with Crippen LogP contribution in [-0.4, -0.2) is 22.3 Å². The summed E-state index contributed by atoms with van der Waals surface area (Å²) in [5, 5.41) is 28.1. The summed E-state index contributed by atoms with van der Waals surface area (Å²) in [6, 6.07) is 4.74. The van der Waals surface area contributed by atoms with Crippen molar-refractivity contribution in [2.45, 2.75) is 0 Å². The molecule has 0 saturated heterocycles. The summed E-state index contributed by atoms with van der Waals surface area (Å²) >= 11 is 1.20. The van der Waals surface area contributed by atoms with Crippen molar-refractivity contribution in [3.05, 3.63) is 18.2 Å². The van der Waals surface area contributed by atoms with Gasteiger partial charge in [-0.1, -0.05) is 17.4 Å². The third-order valence-corrected chi connectivity index (χ3v) is 2.89. The summed E-state index contributed by atoms with van der Waals surface area (Å²) in [7, 11) is -1.58. The summed E-state index contributed by atoms with van der Waals surface area (Å²) in [4.78, 5) is 0. The Labute approximate surface area is 84.4 Å². The first-order valence-corrected chi connectivity index (χ1v) is 4.77. The summed E-state index contributed by atoms with van der Waals surface area (Å²) in [5.41, 5.74) is 6.18. The maximum absolute atomic E-state index is 9.23. The Hall–Kier alpha value is -1.24. The summed E-state index contributed by atoms with van der Waals surface area (Å²) < 4.78 is 0.824. The molecule has 0 aliphatic carbocycles. The topological polar surface area (TPSA) is 86.7 Å². The van der Waals surface area contributed by atoms with E-state index in [4.69, 9.17) is 15.8 Å². The van der Waals surface area contributed by atoms with Crippen LogP contribution in [0.5, 0.6) is 5.06 Å². The second-order valence-electron chi connectivity index (χ2n) is 2.98. The van der Waals surface area contributed by atoms with E-state index in [1.54, 1.807) is 18.2 Å². The van der Waals surface area contributed by atoms with Crippen molar-refractivity contribution in [1.82, 2.24) is 0 Å². The van der Waals surface area contributed by atoms with Crippen LogP contribution in [0, 0.1) is 0 Å². The molecule has 72 valence electrons. The highest BCUT2D eigenvalue weighted by Gasteiger charge is 2.16. The Bertz CT molecular complexity index is 483. The van der Waals surface area contributed by atoms with Gasteiger partial charge in [0.05, 0.1) is 0 Å². The third kappa shape index (κ3) is 1.43. The maximum Gasteiger partial charge on any atom is 0.490 e. The van der Waals surface area contributed by atoms with Crippen molar-refractivity contribution in [2.75, 3.05) is 5.73 Å². The number of hydrogen-bond acceptors (Lipinski definition) is 5. The lowest BCUT2D eigenvalue weighted by molar-refractivity contribution is 0.426. The number of nitrogen functional groups attached to an aromatic ring is 1. The number of aromatic hydroxyl groups is 1. The molecule has 1 aromatic heterocycles. The van der Waals surface area contributed by atoms with Gasteiger partial charge in [-0.25, -0.2) is 0 Å². The van der Waals surface area contributed by atoms with Crippen LogP contribution >= 0.6 is 11.3 Å². The van der Waals surface area contributed by atoms with Gasteiger partial charge in [0.1, 0.15) is 0 Å². The van der Waals surface area contributed by atoms with E-state index in [1.807, 2.05) is 0 Å². The standard InChI is InChI=1S/C8H8BNO3S/c10-6-3-7-4(2-8(11)14-7)1-5(6)9(12)13/h1-3,11-13H,10H2. The molecule has 0 bridgehead atoms. The van der Waals surface area contributed by atoms with E-state index in [2.05, 4.69) is 0 Å². The monoisotopic (exact) mass is 209 g/mol. The van der Waals surface area contributed by atoms with Crippen molar-refractivity contribution in [3.8, 4) is 5.06 Å². The minimum absolute atomic E-state index is 0.184. The highest BCUT2D eigenvalue weighted by atomic mass is 32.1. The van der Waals surface area contributed by atoms with Crippen LogP contribution in [0.3, 0.4) is 0 Å². The van der Waals surface area contributed by atoms with Crippen LogP contribution in [0.15, 0.2) is 18.2 Å². The van der Waals surface area contributed by atoms with Gasteiger partial charge in [0.15, 0.2) is 5.06 Å². The van der Waals surface area contributed by atoms with E-state index in [9.17, 15) is 5.11 Å². The van der Waals surface area contributed by atoms with Crippen LogP contribution in [0.25, 0.3) is 10.1 Å². The first-order valence-electron chi connectivity index (χ1n) is 3.96. The number of anilines is 1. The fourth-order valence-corrected chi connectivity index (χ4v) is 2.16. The molecule has 0 fully saturated rings. The van der Waals surface area contributed by atoms with E-state index >= 15 is 0 Å². The summed E-state index contributed by atoms with van der Waals surface area (Å²) in [6.07, 6.45) is 0. The van der Waals surface area contributed by atoms with Crippen molar-refractivity contribution in [3.63, 3.8) is 0 Å². The molecule has 0 spiro atoms. The van der Waals surface area contributed by atoms with Crippen LogP contribution in [0.4, 0.5) is 5.69 Å². The molecule has 1 heterocycles. The molecule has 14 heavy (non-hydrogen) atoms. The molecule has 2 aromatic rings. The normalized spacial score (nSPS) is 10.7. The van der Waals surface area contributed by atoms with Gasteiger partial charge in [0.2, 0.25) is 0 Å². The number of hydrogen-bond donors (Lipinski definition) is 4. The largest absolute Gasteiger partial charge is 0.499 e. The Morgan fingerprint density at radius 2 is 1.93 bits per heavy atom. The molecule has 0 atom stereocenters. The van der Waals surface area contributed by atoms with Crippen molar-refractivity contribution < 1.29 is 15.2 Å². The zero-order valence-electron chi connectivity index (χ0n) is 7.14. The first-order chi connectivity index (χ1) is 6.58. The quantitative estimate of drug-likeness (QED) is 0.389. The van der Waals surface area contributed by atoms with Gasteiger partial charge in [-0.15, -0.1) is 0 Å². The Morgan fingerprint density at radius 1 is 1.21 bits per heavy atom. The summed E-state index contributed by atoms with van der Waals surface area (Å²) in [6.45, 7) is 0. The predicted molar refractivity (Wildman–Crippen MR) is 57.7 cm³/mol. The zero-order valence-corrected chi connectivity index (χ0v) is 7.95.